The average molecular weight is 184 g/mol. The highest BCUT2D eigenvalue weighted by molar-refractivity contribution is 4.78. The summed E-state index contributed by atoms with van der Waals surface area (Å²) in [4.78, 5) is 0. The predicted molar refractivity (Wildman–Crippen MR) is 51.5 cm³/mol. The Morgan fingerprint density at radius 1 is 0.923 bits per heavy atom. The van der Waals surface area contributed by atoms with Crippen LogP contribution in [-0.2, 0) is 4.74 Å². The lowest BCUT2D eigenvalue weighted by atomic mass is 9.77. The third-order valence-electron chi connectivity index (χ3n) is 3.53. The molecule has 1 aliphatic carbocycles. The van der Waals surface area contributed by atoms with Crippen LogP contribution in [0.15, 0.2) is 0 Å². The van der Waals surface area contributed by atoms with Crippen molar-refractivity contribution >= 4 is 0 Å². The minimum atomic E-state index is -0.194. The molecule has 1 saturated heterocycles. The topological polar surface area (TPSA) is 29.5 Å². The van der Waals surface area contributed by atoms with Gasteiger partial charge in [-0.05, 0) is 18.3 Å². The van der Waals surface area contributed by atoms with Crippen molar-refractivity contribution in [1.82, 2.24) is 0 Å². The Morgan fingerprint density at radius 2 is 1.69 bits per heavy atom. The first-order chi connectivity index (χ1) is 6.36. The van der Waals surface area contributed by atoms with E-state index < -0.39 is 0 Å². The molecule has 1 aliphatic heterocycles. The van der Waals surface area contributed by atoms with E-state index in [4.69, 9.17) is 4.74 Å². The van der Waals surface area contributed by atoms with Gasteiger partial charge in [-0.25, -0.2) is 0 Å². The molecular formula is C11H20O2. The molecule has 76 valence electrons. The second kappa shape index (κ2) is 4.43. The molecule has 13 heavy (non-hydrogen) atoms. The van der Waals surface area contributed by atoms with E-state index in [0.717, 1.165) is 18.9 Å². The Bertz CT molecular complexity index is 152. The summed E-state index contributed by atoms with van der Waals surface area (Å²) in [7, 11) is 0. The molecule has 0 amide bonds. The summed E-state index contributed by atoms with van der Waals surface area (Å²) >= 11 is 0. The fraction of sp³-hybridized carbons (Fsp3) is 1.00. The van der Waals surface area contributed by atoms with Crippen LogP contribution in [0.2, 0.25) is 0 Å². The van der Waals surface area contributed by atoms with Gasteiger partial charge in [-0.15, -0.1) is 0 Å². The van der Waals surface area contributed by atoms with E-state index in [-0.39, 0.29) is 6.10 Å². The summed E-state index contributed by atoms with van der Waals surface area (Å²) in [5.74, 6) is 1.48. The highest BCUT2D eigenvalue weighted by atomic mass is 16.5. The number of rotatable bonds is 1. The molecule has 0 aromatic carbocycles. The molecule has 2 rings (SSSR count). The summed E-state index contributed by atoms with van der Waals surface area (Å²) in [6.45, 7) is 1.45. The summed E-state index contributed by atoms with van der Waals surface area (Å²) in [5, 5.41) is 9.49. The fourth-order valence-corrected chi connectivity index (χ4v) is 2.78. The van der Waals surface area contributed by atoms with Gasteiger partial charge in [-0.3, -0.25) is 0 Å². The first kappa shape index (κ1) is 9.47. The molecule has 0 radical (unpaired) electrons. The molecule has 2 fully saturated rings. The van der Waals surface area contributed by atoms with Crippen molar-refractivity contribution in [2.75, 3.05) is 13.2 Å². The van der Waals surface area contributed by atoms with E-state index in [2.05, 4.69) is 0 Å². The zero-order valence-electron chi connectivity index (χ0n) is 8.24. The largest absolute Gasteiger partial charge is 0.391 e. The lowest BCUT2D eigenvalue weighted by molar-refractivity contribution is -0.0550. The third kappa shape index (κ3) is 2.44. The monoisotopic (exact) mass is 184 g/mol. The van der Waals surface area contributed by atoms with E-state index in [0.29, 0.717) is 12.5 Å². The Labute approximate surface area is 80.3 Å². The van der Waals surface area contributed by atoms with Gasteiger partial charge in [0.2, 0.25) is 0 Å². The van der Waals surface area contributed by atoms with Gasteiger partial charge in [0.1, 0.15) is 0 Å². The van der Waals surface area contributed by atoms with Crippen molar-refractivity contribution in [1.29, 1.82) is 0 Å². The first-order valence-electron chi connectivity index (χ1n) is 5.62. The van der Waals surface area contributed by atoms with Crippen LogP contribution in [0.25, 0.3) is 0 Å². The number of aliphatic hydroxyl groups excluding tert-OH is 1. The fourth-order valence-electron chi connectivity index (χ4n) is 2.78. The molecule has 1 heterocycles. The Morgan fingerprint density at radius 3 is 2.38 bits per heavy atom. The lowest BCUT2D eigenvalue weighted by Gasteiger charge is -2.34. The summed E-state index contributed by atoms with van der Waals surface area (Å²) in [5.41, 5.74) is 0. The van der Waals surface area contributed by atoms with Crippen molar-refractivity contribution in [3.63, 3.8) is 0 Å². The van der Waals surface area contributed by atoms with Crippen LogP contribution >= 0.6 is 0 Å². The van der Waals surface area contributed by atoms with Crippen LogP contribution in [0.3, 0.4) is 0 Å². The zero-order chi connectivity index (χ0) is 9.10. The Hall–Kier alpha value is -0.0800. The quantitative estimate of drug-likeness (QED) is 0.675. The highest BCUT2D eigenvalue weighted by Crippen LogP contribution is 2.34. The summed E-state index contributed by atoms with van der Waals surface area (Å²) in [6.07, 6.45) is 7.69. The van der Waals surface area contributed by atoms with Gasteiger partial charge < -0.3 is 9.84 Å². The van der Waals surface area contributed by atoms with E-state index in [1.165, 1.54) is 32.1 Å². The van der Waals surface area contributed by atoms with Crippen LogP contribution in [0, 0.1) is 11.8 Å². The van der Waals surface area contributed by atoms with Crippen molar-refractivity contribution in [2.45, 2.75) is 44.6 Å². The number of ether oxygens (including phenoxy) is 1. The van der Waals surface area contributed by atoms with Crippen LogP contribution in [0.1, 0.15) is 38.5 Å². The predicted octanol–water partition coefficient (Wildman–Crippen LogP) is 1.96. The van der Waals surface area contributed by atoms with Gasteiger partial charge in [-0.1, -0.05) is 32.1 Å². The second-order valence-electron chi connectivity index (χ2n) is 4.59. The van der Waals surface area contributed by atoms with Gasteiger partial charge in [0.05, 0.1) is 12.7 Å². The van der Waals surface area contributed by atoms with E-state index in [1.54, 1.807) is 0 Å². The molecule has 2 heteroatoms. The smallest absolute Gasteiger partial charge is 0.0777 e. The summed E-state index contributed by atoms with van der Waals surface area (Å²) in [6, 6.07) is 0. The first-order valence-corrected chi connectivity index (χ1v) is 5.62. The molecule has 0 aromatic heterocycles. The average Bonchev–Trinajstić information content (AvgIpc) is 2.19. The summed E-state index contributed by atoms with van der Waals surface area (Å²) < 4.78 is 5.40. The molecule has 0 spiro atoms. The third-order valence-corrected chi connectivity index (χ3v) is 3.53. The van der Waals surface area contributed by atoms with Gasteiger partial charge >= 0.3 is 0 Å². The van der Waals surface area contributed by atoms with Gasteiger partial charge in [0.15, 0.2) is 0 Å². The van der Waals surface area contributed by atoms with Crippen molar-refractivity contribution in [2.24, 2.45) is 11.8 Å². The van der Waals surface area contributed by atoms with Crippen LogP contribution in [-0.4, -0.2) is 24.4 Å². The maximum atomic E-state index is 9.49. The molecule has 0 bridgehead atoms. The van der Waals surface area contributed by atoms with Gasteiger partial charge in [-0.2, -0.15) is 0 Å². The molecule has 2 atom stereocenters. The molecular weight excluding hydrogens is 164 g/mol. The molecule has 2 nitrogen and oxygen atoms in total. The van der Waals surface area contributed by atoms with Gasteiger partial charge in [0, 0.05) is 6.61 Å². The highest BCUT2D eigenvalue weighted by Gasteiger charge is 2.28. The van der Waals surface area contributed by atoms with Crippen molar-refractivity contribution < 1.29 is 9.84 Å². The standard InChI is InChI=1S/C11H20O2/c12-11-6-10(7-13-8-11)9-4-2-1-3-5-9/h9-12H,1-8H2. The molecule has 2 unspecified atom stereocenters. The second-order valence-corrected chi connectivity index (χ2v) is 4.59. The minimum Gasteiger partial charge on any atom is -0.391 e. The van der Waals surface area contributed by atoms with E-state index in [9.17, 15) is 5.11 Å². The molecule has 2 aliphatic rings. The van der Waals surface area contributed by atoms with E-state index >= 15 is 0 Å². The zero-order valence-corrected chi connectivity index (χ0v) is 8.24. The minimum absolute atomic E-state index is 0.194. The Kier molecular flexibility index (Phi) is 3.23. The maximum absolute atomic E-state index is 9.49. The lowest BCUT2D eigenvalue weighted by Crippen LogP contribution is -2.34. The van der Waals surface area contributed by atoms with Crippen LogP contribution in [0.5, 0.6) is 0 Å². The molecule has 0 aromatic rings. The van der Waals surface area contributed by atoms with Crippen molar-refractivity contribution in [3.8, 4) is 0 Å². The van der Waals surface area contributed by atoms with Crippen LogP contribution < -0.4 is 0 Å². The van der Waals surface area contributed by atoms with Crippen LogP contribution in [0.4, 0.5) is 0 Å². The number of hydrogen-bond acceptors (Lipinski definition) is 2. The maximum Gasteiger partial charge on any atom is 0.0777 e. The number of aliphatic hydroxyl groups is 1. The number of hydrogen-bond donors (Lipinski definition) is 1. The molecule has 1 N–H and O–H groups in total. The van der Waals surface area contributed by atoms with Crippen molar-refractivity contribution in [3.05, 3.63) is 0 Å². The Balaban J connectivity index is 1.83. The molecule has 1 saturated carbocycles. The SMILES string of the molecule is OC1COCC(C2CCCCC2)C1. The van der Waals surface area contributed by atoms with E-state index in [1.807, 2.05) is 0 Å². The van der Waals surface area contributed by atoms with Gasteiger partial charge in [0.25, 0.3) is 0 Å². The normalized spacial score (nSPS) is 37.6.